The van der Waals surface area contributed by atoms with Crippen LogP contribution in [0.5, 0.6) is 0 Å². The van der Waals surface area contributed by atoms with Crippen molar-refractivity contribution < 1.29 is 4.42 Å². The van der Waals surface area contributed by atoms with E-state index in [1.165, 1.54) is 4.90 Å². The molecule has 0 spiro atoms. The van der Waals surface area contributed by atoms with Gasteiger partial charge < -0.3 is 9.73 Å². The molecule has 1 aromatic carbocycles. The van der Waals surface area contributed by atoms with Crippen LogP contribution in [0.4, 0.5) is 0 Å². The quantitative estimate of drug-likeness (QED) is 0.825. The summed E-state index contributed by atoms with van der Waals surface area (Å²) in [4.78, 5) is 1.22. The van der Waals surface area contributed by atoms with E-state index in [4.69, 9.17) is 4.42 Å². The van der Waals surface area contributed by atoms with Gasteiger partial charge in [-0.25, -0.2) is 0 Å². The molecule has 0 aliphatic carbocycles. The Morgan fingerprint density at radius 1 is 1.24 bits per heavy atom. The van der Waals surface area contributed by atoms with Crippen LogP contribution in [-0.4, -0.2) is 23.0 Å². The monoisotopic (exact) mass is 249 g/mol. The van der Waals surface area contributed by atoms with Crippen molar-refractivity contribution in [1.82, 2.24) is 15.5 Å². The van der Waals surface area contributed by atoms with Gasteiger partial charge in [0.05, 0.1) is 6.54 Å². The lowest BCUT2D eigenvalue weighted by atomic mass is 10.2. The maximum atomic E-state index is 5.55. The van der Waals surface area contributed by atoms with Gasteiger partial charge in [0.1, 0.15) is 0 Å². The van der Waals surface area contributed by atoms with E-state index >= 15 is 0 Å². The average molecular weight is 249 g/mol. The fraction of sp³-hybridized carbons (Fsp3) is 0.333. The zero-order chi connectivity index (χ0) is 12.1. The Kier molecular flexibility index (Phi) is 4.17. The zero-order valence-electron chi connectivity index (χ0n) is 9.93. The second-order valence-electron chi connectivity index (χ2n) is 3.51. The van der Waals surface area contributed by atoms with E-state index in [9.17, 15) is 0 Å². The summed E-state index contributed by atoms with van der Waals surface area (Å²) in [6.07, 6.45) is 2.05. The molecule has 4 nitrogen and oxygen atoms in total. The molecule has 0 aliphatic heterocycles. The van der Waals surface area contributed by atoms with Gasteiger partial charge in [-0.3, -0.25) is 0 Å². The van der Waals surface area contributed by atoms with E-state index in [1.807, 2.05) is 31.2 Å². The van der Waals surface area contributed by atoms with E-state index in [0.717, 1.165) is 12.1 Å². The molecular formula is C12H15N3OS. The predicted molar refractivity (Wildman–Crippen MR) is 68.9 cm³/mol. The van der Waals surface area contributed by atoms with Gasteiger partial charge in [0, 0.05) is 10.5 Å². The molecule has 1 aromatic heterocycles. The van der Waals surface area contributed by atoms with Crippen LogP contribution in [0.25, 0.3) is 11.5 Å². The SMILES string of the molecule is CCNCc1nnc(-c2ccc(SC)cc2)o1. The summed E-state index contributed by atoms with van der Waals surface area (Å²) >= 11 is 1.71. The van der Waals surface area contributed by atoms with E-state index in [1.54, 1.807) is 11.8 Å². The van der Waals surface area contributed by atoms with Crippen molar-refractivity contribution in [3.63, 3.8) is 0 Å². The van der Waals surface area contributed by atoms with Crippen LogP contribution in [0, 0.1) is 0 Å². The Bertz CT molecular complexity index is 467. The van der Waals surface area contributed by atoms with Crippen LogP contribution in [0.3, 0.4) is 0 Å². The number of hydrogen-bond donors (Lipinski definition) is 1. The first-order valence-corrected chi connectivity index (χ1v) is 6.73. The maximum Gasteiger partial charge on any atom is 0.247 e. The summed E-state index contributed by atoms with van der Waals surface area (Å²) < 4.78 is 5.55. The standard InChI is InChI=1S/C12H15N3OS/c1-3-13-8-11-14-15-12(16-11)9-4-6-10(17-2)7-5-9/h4-7,13H,3,8H2,1-2H3. The highest BCUT2D eigenvalue weighted by Gasteiger charge is 2.07. The van der Waals surface area contributed by atoms with E-state index in [-0.39, 0.29) is 0 Å². The number of hydrogen-bond acceptors (Lipinski definition) is 5. The third-order valence-electron chi connectivity index (χ3n) is 2.33. The van der Waals surface area contributed by atoms with E-state index in [2.05, 4.69) is 21.8 Å². The number of aromatic nitrogens is 2. The maximum absolute atomic E-state index is 5.55. The summed E-state index contributed by atoms with van der Waals surface area (Å²) in [5.41, 5.74) is 0.957. The molecule has 2 aromatic rings. The fourth-order valence-corrected chi connectivity index (χ4v) is 1.82. The predicted octanol–water partition coefficient (Wildman–Crippen LogP) is 2.57. The lowest BCUT2D eigenvalue weighted by Crippen LogP contribution is -2.11. The summed E-state index contributed by atoms with van der Waals surface area (Å²) in [6.45, 7) is 3.55. The van der Waals surface area contributed by atoms with Gasteiger partial charge in [-0.05, 0) is 37.1 Å². The molecular weight excluding hydrogens is 234 g/mol. The molecule has 0 unspecified atom stereocenters. The number of nitrogens with one attached hydrogen (secondary N) is 1. The topological polar surface area (TPSA) is 51.0 Å². The van der Waals surface area contributed by atoms with E-state index in [0.29, 0.717) is 18.3 Å². The third-order valence-corrected chi connectivity index (χ3v) is 3.07. The molecule has 0 fully saturated rings. The summed E-state index contributed by atoms with van der Waals surface area (Å²) in [5, 5.41) is 11.2. The zero-order valence-corrected chi connectivity index (χ0v) is 10.8. The molecule has 0 saturated heterocycles. The van der Waals surface area contributed by atoms with Gasteiger partial charge >= 0.3 is 0 Å². The molecule has 2 rings (SSSR count). The average Bonchev–Trinajstić information content (AvgIpc) is 2.85. The molecule has 0 bridgehead atoms. The first-order valence-electron chi connectivity index (χ1n) is 5.51. The third kappa shape index (κ3) is 3.08. The number of benzene rings is 1. The molecule has 5 heteroatoms. The van der Waals surface area contributed by atoms with Crippen molar-refractivity contribution in [2.75, 3.05) is 12.8 Å². The van der Waals surface area contributed by atoms with Gasteiger partial charge in [-0.1, -0.05) is 6.92 Å². The molecule has 0 radical (unpaired) electrons. The summed E-state index contributed by atoms with van der Waals surface area (Å²) in [6, 6.07) is 8.09. The minimum atomic E-state index is 0.575. The van der Waals surface area contributed by atoms with E-state index < -0.39 is 0 Å². The van der Waals surface area contributed by atoms with Crippen molar-refractivity contribution in [2.24, 2.45) is 0 Å². The minimum Gasteiger partial charge on any atom is -0.419 e. The molecule has 0 aliphatic rings. The second kappa shape index (κ2) is 5.84. The normalized spacial score (nSPS) is 10.7. The lowest BCUT2D eigenvalue weighted by molar-refractivity contribution is 0.482. The Balaban J connectivity index is 2.12. The van der Waals surface area contributed by atoms with Gasteiger partial charge in [-0.15, -0.1) is 22.0 Å². The van der Waals surface area contributed by atoms with Crippen LogP contribution >= 0.6 is 11.8 Å². The van der Waals surface area contributed by atoms with Gasteiger partial charge in [0.25, 0.3) is 0 Å². The first kappa shape index (κ1) is 12.1. The Morgan fingerprint density at radius 2 is 2.00 bits per heavy atom. The lowest BCUT2D eigenvalue weighted by Gasteiger charge is -1.97. The highest BCUT2D eigenvalue weighted by Crippen LogP contribution is 2.21. The molecule has 0 amide bonds. The van der Waals surface area contributed by atoms with Crippen LogP contribution in [0.15, 0.2) is 33.6 Å². The van der Waals surface area contributed by atoms with Crippen LogP contribution in [0.2, 0.25) is 0 Å². The Morgan fingerprint density at radius 3 is 2.65 bits per heavy atom. The minimum absolute atomic E-state index is 0.575. The highest BCUT2D eigenvalue weighted by atomic mass is 32.2. The summed E-state index contributed by atoms with van der Waals surface area (Å²) in [5.74, 6) is 1.20. The molecule has 0 saturated carbocycles. The van der Waals surface area contributed by atoms with Crippen LogP contribution in [-0.2, 0) is 6.54 Å². The Hall–Kier alpha value is -1.33. The summed E-state index contributed by atoms with van der Waals surface area (Å²) in [7, 11) is 0. The van der Waals surface area contributed by atoms with Crippen LogP contribution in [0.1, 0.15) is 12.8 Å². The van der Waals surface area contributed by atoms with Crippen molar-refractivity contribution in [2.45, 2.75) is 18.4 Å². The largest absolute Gasteiger partial charge is 0.419 e. The highest BCUT2D eigenvalue weighted by molar-refractivity contribution is 7.98. The first-order chi connectivity index (χ1) is 8.33. The van der Waals surface area contributed by atoms with Crippen LogP contribution < -0.4 is 5.32 Å². The van der Waals surface area contributed by atoms with Gasteiger partial charge in [0.15, 0.2) is 0 Å². The fourth-order valence-electron chi connectivity index (χ4n) is 1.41. The molecule has 0 atom stereocenters. The molecule has 1 N–H and O–H groups in total. The second-order valence-corrected chi connectivity index (χ2v) is 4.39. The smallest absolute Gasteiger partial charge is 0.247 e. The van der Waals surface area contributed by atoms with Crippen molar-refractivity contribution >= 4 is 11.8 Å². The van der Waals surface area contributed by atoms with Crippen molar-refractivity contribution in [3.05, 3.63) is 30.2 Å². The molecule has 17 heavy (non-hydrogen) atoms. The van der Waals surface area contributed by atoms with Crippen molar-refractivity contribution in [3.8, 4) is 11.5 Å². The Labute approximate surface area is 105 Å². The number of rotatable bonds is 5. The number of thioether (sulfide) groups is 1. The molecule has 1 heterocycles. The number of nitrogens with zero attached hydrogens (tertiary/aromatic N) is 2. The van der Waals surface area contributed by atoms with Gasteiger partial charge in [-0.2, -0.15) is 0 Å². The molecule has 90 valence electrons. The van der Waals surface area contributed by atoms with Crippen molar-refractivity contribution in [1.29, 1.82) is 0 Å². The van der Waals surface area contributed by atoms with Gasteiger partial charge in [0.2, 0.25) is 11.8 Å².